The first-order valence-electron chi connectivity index (χ1n) is 4.50. The summed E-state index contributed by atoms with van der Waals surface area (Å²) in [6.07, 6.45) is -1.84. The van der Waals surface area contributed by atoms with Crippen LogP contribution in [0.2, 0.25) is 0 Å². The average Bonchev–Trinajstić information content (AvgIpc) is 2.01. The van der Waals surface area contributed by atoms with Gasteiger partial charge >= 0.3 is 6.18 Å². The van der Waals surface area contributed by atoms with E-state index in [0.29, 0.717) is 13.0 Å². The van der Waals surface area contributed by atoms with Crippen LogP contribution in [0.15, 0.2) is 0 Å². The second-order valence-corrected chi connectivity index (χ2v) is 3.97. The summed E-state index contributed by atoms with van der Waals surface area (Å²) in [6, 6.07) is -0.375. The standard InChI is InChI=1S/C8H13F3N2S/c9-8(10,11)5-13-4-2-1-3-6(13)7(12)14/h6H,1-5H2,(H2,12,14). The third-order valence-corrected chi connectivity index (χ3v) is 2.60. The third kappa shape index (κ3) is 3.42. The molecule has 0 aliphatic carbocycles. The molecule has 0 saturated carbocycles. The second-order valence-electron chi connectivity index (χ2n) is 3.50. The molecule has 1 unspecified atom stereocenters. The number of rotatable bonds is 2. The first-order valence-corrected chi connectivity index (χ1v) is 4.91. The van der Waals surface area contributed by atoms with Gasteiger partial charge in [-0.2, -0.15) is 13.2 Å². The Hall–Kier alpha value is -0.360. The highest BCUT2D eigenvalue weighted by atomic mass is 32.1. The molecule has 0 bridgehead atoms. The van der Waals surface area contributed by atoms with E-state index in [4.69, 9.17) is 18.0 Å². The van der Waals surface area contributed by atoms with Gasteiger partial charge in [-0.3, -0.25) is 4.90 Å². The van der Waals surface area contributed by atoms with E-state index < -0.39 is 12.7 Å². The SMILES string of the molecule is NC(=S)C1CCCCN1CC(F)(F)F. The highest BCUT2D eigenvalue weighted by Gasteiger charge is 2.35. The lowest BCUT2D eigenvalue weighted by Gasteiger charge is -2.35. The Morgan fingerprint density at radius 2 is 2.07 bits per heavy atom. The van der Waals surface area contributed by atoms with Crippen molar-refractivity contribution in [2.45, 2.75) is 31.5 Å². The van der Waals surface area contributed by atoms with Crippen LogP contribution in [0.1, 0.15) is 19.3 Å². The lowest BCUT2D eigenvalue weighted by atomic mass is 10.0. The molecule has 0 aromatic heterocycles. The van der Waals surface area contributed by atoms with Crippen LogP contribution < -0.4 is 5.73 Å². The smallest absolute Gasteiger partial charge is 0.392 e. The number of alkyl halides is 3. The third-order valence-electron chi connectivity index (χ3n) is 2.32. The van der Waals surface area contributed by atoms with Crippen LogP contribution in [0.3, 0.4) is 0 Å². The molecule has 0 amide bonds. The number of hydrogen-bond donors (Lipinski definition) is 1. The molecule has 1 rings (SSSR count). The van der Waals surface area contributed by atoms with Crippen LogP contribution in [0.4, 0.5) is 13.2 Å². The molecule has 1 saturated heterocycles. The Labute approximate surface area is 86.2 Å². The predicted octanol–water partition coefficient (Wildman–Crippen LogP) is 1.69. The van der Waals surface area contributed by atoms with E-state index in [2.05, 4.69) is 0 Å². The van der Waals surface area contributed by atoms with Crippen LogP contribution in [0.25, 0.3) is 0 Å². The summed E-state index contributed by atoms with van der Waals surface area (Å²) in [5.41, 5.74) is 5.40. The van der Waals surface area contributed by atoms with Crippen molar-refractivity contribution in [2.75, 3.05) is 13.1 Å². The van der Waals surface area contributed by atoms with Crippen molar-refractivity contribution in [3.8, 4) is 0 Å². The quantitative estimate of drug-likeness (QED) is 0.726. The minimum Gasteiger partial charge on any atom is -0.392 e. The number of piperidine rings is 1. The summed E-state index contributed by atoms with van der Waals surface area (Å²) in [5, 5.41) is 0. The van der Waals surface area contributed by atoms with Gasteiger partial charge in [0.25, 0.3) is 0 Å². The topological polar surface area (TPSA) is 29.3 Å². The van der Waals surface area contributed by atoms with Crippen molar-refractivity contribution in [1.29, 1.82) is 0 Å². The zero-order valence-corrected chi connectivity index (χ0v) is 8.50. The van der Waals surface area contributed by atoms with E-state index in [9.17, 15) is 13.2 Å². The van der Waals surface area contributed by atoms with Gasteiger partial charge in [0.05, 0.1) is 17.6 Å². The summed E-state index contributed by atoms with van der Waals surface area (Å²) in [6.45, 7) is -0.476. The Balaban J connectivity index is 2.59. The number of halogens is 3. The normalized spacial score (nSPS) is 24.9. The van der Waals surface area contributed by atoms with Gasteiger partial charge in [0.15, 0.2) is 0 Å². The molecular weight excluding hydrogens is 213 g/mol. The minimum atomic E-state index is -4.17. The van der Waals surface area contributed by atoms with Gasteiger partial charge < -0.3 is 5.73 Å². The molecule has 1 fully saturated rings. The highest BCUT2D eigenvalue weighted by Crippen LogP contribution is 2.23. The summed E-state index contributed by atoms with van der Waals surface area (Å²) < 4.78 is 36.5. The van der Waals surface area contributed by atoms with E-state index in [1.807, 2.05) is 0 Å². The van der Waals surface area contributed by atoms with Crippen molar-refractivity contribution < 1.29 is 13.2 Å². The summed E-state index contributed by atoms with van der Waals surface area (Å²) in [4.78, 5) is 1.50. The van der Waals surface area contributed by atoms with Gasteiger partial charge in [0.2, 0.25) is 0 Å². The summed E-state index contributed by atoms with van der Waals surface area (Å²) >= 11 is 4.75. The number of likely N-dealkylation sites (tertiary alicyclic amines) is 1. The fourth-order valence-corrected chi connectivity index (χ4v) is 2.00. The molecule has 82 valence electrons. The van der Waals surface area contributed by atoms with Crippen LogP contribution in [-0.4, -0.2) is 35.2 Å². The van der Waals surface area contributed by atoms with Crippen molar-refractivity contribution >= 4 is 17.2 Å². The summed E-state index contributed by atoms with van der Waals surface area (Å²) in [7, 11) is 0. The van der Waals surface area contributed by atoms with Crippen LogP contribution in [0, 0.1) is 0 Å². The predicted molar refractivity (Wildman–Crippen MR) is 52.1 cm³/mol. The van der Waals surface area contributed by atoms with Gasteiger partial charge in [0, 0.05) is 0 Å². The van der Waals surface area contributed by atoms with E-state index in [0.717, 1.165) is 12.8 Å². The first kappa shape index (κ1) is 11.7. The lowest BCUT2D eigenvalue weighted by Crippen LogP contribution is -2.50. The molecular formula is C8H13F3N2S. The molecule has 14 heavy (non-hydrogen) atoms. The van der Waals surface area contributed by atoms with Crippen molar-refractivity contribution in [2.24, 2.45) is 5.73 Å². The van der Waals surface area contributed by atoms with Crippen LogP contribution >= 0.6 is 12.2 Å². The molecule has 1 atom stereocenters. The molecule has 6 heteroatoms. The number of nitrogens with zero attached hydrogens (tertiary/aromatic N) is 1. The fraction of sp³-hybridized carbons (Fsp3) is 0.875. The summed E-state index contributed by atoms with van der Waals surface area (Å²) in [5.74, 6) is 0. The molecule has 2 nitrogen and oxygen atoms in total. The van der Waals surface area contributed by atoms with Crippen molar-refractivity contribution in [3.63, 3.8) is 0 Å². The lowest BCUT2D eigenvalue weighted by molar-refractivity contribution is -0.150. The highest BCUT2D eigenvalue weighted by molar-refractivity contribution is 7.80. The Bertz CT molecular complexity index is 217. The zero-order chi connectivity index (χ0) is 10.8. The van der Waals surface area contributed by atoms with E-state index in [1.54, 1.807) is 0 Å². The molecule has 0 aromatic carbocycles. The Morgan fingerprint density at radius 1 is 1.43 bits per heavy atom. The average molecular weight is 226 g/mol. The van der Waals surface area contributed by atoms with E-state index in [-0.39, 0.29) is 11.0 Å². The molecule has 1 heterocycles. The Morgan fingerprint density at radius 3 is 2.57 bits per heavy atom. The minimum absolute atomic E-state index is 0.175. The maximum absolute atomic E-state index is 12.2. The number of hydrogen-bond acceptors (Lipinski definition) is 2. The van der Waals surface area contributed by atoms with Gasteiger partial charge in [-0.25, -0.2) is 0 Å². The number of thiocarbonyl (C=S) groups is 1. The first-order chi connectivity index (χ1) is 6.40. The second kappa shape index (κ2) is 4.44. The van der Waals surface area contributed by atoms with Gasteiger partial charge in [-0.05, 0) is 19.4 Å². The Kier molecular flexibility index (Phi) is 3.71. The molecule has 2 N–H and O–H groups in total. The van der Waals surface area contributed by atoms with Crippen molar-refractivity contribution in [1.82, 2.24) is 4.90 Å². The zero-order valence-electron chi connectivity index (χ0n) is 7.68. The number of nitrogens with two attached hydrogens (primary N) is 1. The molecule has 1 aliphatic rings. The maximum atomic E-state index is 12.2. The largest absolute Gasteiger partial charge is 0.401 e. The van der Waals surface area contributed by atoms with Gasteiger partial charge in [-0.15, -0.1) is 0 Å². The van der Waals surface area contributed by atoms with Crippen LogP contribution in [-0.2, 0) is 0 Å². The van der Waals surface area contributed by atoms with Gasteiger partial charge in [0.1, 0.15) is 0 Å². The maximum Gasteiger partial charge on any atom is 0.401 e. The van der Waals surface area contributed by atoms with Gasteiger partial charge in [-0.1, -0.05) is 18.6 Å². The van der Waals surface area contributed by atoms with Crippen molar-refractivity contribution in [3.05, 3.63) is 0 Å². The molecule has 0 radical (unpaired) electrons. The molecule has 0 spiro atoms. The van der Waals surface area contributed by atoms with E-state index >= 15 is 0 Å². The molecule has 0 aromatic rings. The fourth-order valence-electron chi connectivity index (χ4n) is 1.73. The molecule has 1 aliphatic heterocycles. The van der Waals surface area contributed by atoms with Crippen LogP contribution in [0.5, 0.6) is 0 Å². The monoisotopic (exact) mass is 226 g/mol. The van der Waals surface area contributed by atoms with E-state index in [1.165, 1.54) is 4.90 Å².